The molecule has 0 atom stereocenters. The van der Waals surface area contributed by atoms with Gasteiger partial charge >= 0.3 is 0 Å². The summed E-state index contributed by atoms with van der Waals surface area (Å²) in [5.74, 6) is 0.627. The third-order valence-electron chi connectivity index (χ3n) is 2.21. The molecule has 0 aliphatic rings. The first kappa shape index (κ1) is 11.5. The van der Waals surface area contributed by atoms with Crippen molar-refractivity contribution in [2.75, 3.05) is 5.32 Å². The number of aryl methyl sites for hydroxylation is 1. The molecule has 0 aromatic carbocycles. The van der Waals surface area contributed by atoms with Crippen LogP contribution < -0.4 is 5.32 Å². The second-order valence-corrected chi connectivity index (χ2v) is 3.37. The Bertz CT molecular complexity index is 366. The monoisotopic (exact) mass is 207 g/mol. The minimum atomic E-state index is -0.0733. The summed E-state index contributed by atoms with van der Waals surface area (Å²) in [5.41, 5.74) is 1.75. The molecule has 82 valence electrons. The molecular weight excluding hydrogens is 190 g/mol. The zero-order valence-electron chi connectivity index (χ0n) is 9.42. The van der Waals surface area contributed by atoms with Crippen LogP contribution in [0.4, 0.5) is 5.82 Å². The normalized spacial score (nSPS) is 11.5. The Kier molecular flexibility index (Phi) is 4.09. The molecule has 0 unspecified atom stereocenters. The van der Waals surface area contributed by atoms with E-state index in [-0.39, 0.29) is 5.91 Å². The second kappa shape index (κ2) is 5.34. The van der Waals surface area contributed by atoms with E-state index in [2.05, 4.69) is 15.5 Å². The zero-order valence-corrected chi connectivity index (χ0v) is 9.42. The fourth-order valence-electron chi connectivity index (χ4n) is 1.30. The molecule has 0 fully saturated rings. The smallest absolute Gasteiger partial charge is 0.252 e. The molecule has 0 aliphatic carbocycles. The Morgan fingerprint density at radius 1 is 1.60 bits per heavy atom. The van der Waals surface area contributed by atoms with Gasteiger partial charge in [0.05, 0.1) is 6.20 Å². The lowest BCUT2D eigenvalue weighted by molar-refractivity contribution is -0.112. The maximum absolute atomic E-state index is 11.6. The second-order valence-electron chi connectivity index (χ2n) is 3.37. The lowest BCUT2D eigenvalue weighted by Gasteiger charge is -2.04. The van der Waals surface area contributed by atoms with Crippen LogP contribution in [0.1, 0.15) is 32.8 Å². The number of H-pyrrole nitrogens is 1. The Labute approximate surface area is 89.8 Å². The molecule has 1 amide bonds. The third kappa shape index (κ3) is 2.94. The van der Waals surface area contributed by atoms with Crippen molar-refractivity contribution < 1.29 is 4.79 Å². The Morgan fingerprint density at radius 3 is 2.93 bits per heavy atom. The quantitative estimate of drug-likeness (QED) is 0.744. The largest absolute Gasteiger partial charge is 0.307 e. The number of nitrogens with zero attached hydrogens (tertiary/aromatic N) is 1. The molecule has 0 bridgehead atoms. The van der Waals surface area contributed by atoms with Gasteiger partial charge in [0.15, 0.2) is 0 Å². The maximum Gasteiger partial charge on any atom is 0.252 e. The van der Waals surface area contributed by atoms with Crippen molar-refractivity contribution in [3.05, 3.63) is 23.4 Å². The minimum absolute atomic E-state index is 0.0733. The number of anilines is 1. The number of carbonyl (C=O) groups excluding carboxylic acids is 1. The van der Waals surface area contributed by atoms with Gasteiger partial charge in [0, 0.05) is 11.1 Å². The van der Waals surface area contributed by atoms with E-state index in [1.54, 1.807) is 13.1 Å². The Hall–Kier alpha value is -1.58. The highest BCUT2D eigenvalue weighted by atomic mass is 16.1. The van der Waals surface area contributed by atoms with Gasteiger partial charge in [-0.3, -0.25) is 9.89 Å². The van der Waals surface area contributed by atoms with Crippen LogP contribution in [0.5, 0.6) is 0 Å². The maximum atomic E-state index is 11.6. The van der Waals surface area contributed by atoms with Gasteiger partial charge in [0.2, 0.25) is 0 Å². The number of allylic oxidation sites excluding steroid dienone is 1. The highest BCUT2D eigenvalue weighted by molar-refractivity contribution is 6.03. The van der Waals surface area contributed by atoms with Crippen molar-refractivity contribution in [2.45, 2.75) is 33.6 Å². The molecule has 4 nitrogen and oxygen atoms in total. The zero-order chi connectivity index (χ0) is 11.3. The van der Waals surface area contributed by atoms with Crippen molar-refractivity contribution in [1.29, 1.82) is 0 Å². The summed E-state index contributed by atoms with van der Waals surface area (Å²) in [7, 11) is 0. The molecule has 0 saturated carbocycles. The number of hydrogen-bond acceptors (Lipinski definition) is 2. The summed E-state index contributed by atoms with van der Waals surface area (Å²) in [5, 5.41) is 9.47. The highest BCUT2D eigenvalue weighted by Gasteiger charge is 2.08. The van der Waals surface area contributed by atoms with Crippen LogP contribution >= 0.6 is 0 Å². The first-order chi connectivity index (χ1) is 7.19. The number of carbonyl (C=O) groups is 1. The van der Waals surface area contributed by atoms with Crippen LogP contribution in [0.15, 0.2) is 17.8 Å². The third-order valence-corrected chi connectivity index (χ3v) is 2.21. The van der Waals surface area contributed by atoms with Gasteiger partial charge in [-0.05, 0) is 19.8 Å². The predicted octanol–water partition coefficient (Wildman–Crippen LogP) is 2.27. The van der Waals surface area contributed by atoms with Gasteiger partial charge < -0.3 is 5.32 Å². The van der Waals surface area contributed by atoms with E-state index >= 15 is 0 Å². The Morgan fingerprint density at radius 2 is 2.33 bits per heavy atom. The fourth-order valence-corrected chi connectivity index (χ4v) is 1.30. The highest BCUT2D eigenvalue weighted by Crippen LogP contribution is 2.12. The SMILES string of the molecule is CC/C=C(/C)C(=O)Nc1[nH]ncc1CC. The molecule has 1 aromatic rings. The van der Waals surface area contributed by atoms with E-state index in [4.69, 9.17) is 0 Å². The molecule has 0 spiro atoms. The average molecular weight is 207 g/mol. The van der Waals surface area contributed by atoms with Crippen molar-refractivity contribution in [1.82, 2.24) is 10.2 Å². The fraction of sp³-hybridized carbons (Fsp3) is 0.455. The lowest BCUT2D eigenvalue weighted by atomic mass is 10.2. The van der Waals surface area contributed by atoms with Crippen molar-refractivity contribution in [3.63, 3.8) is 0 Å². The molecule has 1 heterocycles. The molecule has 4 heteroatoms. The number of hydrogen-bond donors (Lipinski definition) is 2. The molecule has 15 heavy (non-hydrogen) atoms. The van der Waals surface area contributed by atoms with Gasteiger partial charge in [-0.1, -0.05) is 19.9 Å². The van der Waals surface area contributed by atoms with Crippen molar-refractivity contribution in [3.8, 4) is 0 Å². The van der Waals surface area contributed by atoms with Crippen LogP contribution in [-0.2, 0) is 11.2 Å². The lowest BCUT2D eigenvalue weighted by Crippen LogP contribution is -2.14. The summed E-state index contributed by atoms with van der Waals surface area (Å²) < 4.78 is 0. The molecule has 0 saturated heterocycles. The number of nitrogens with one attached hydrogen (secondary N) is 2. The summed E-state index contributed by atoms with van der Waals surface area (Å²) in [6, 6.07) is 0. The standard InChI is InChI=1S/C11H17N3O/c1-4-6-8(3)11(15)13-10-9(5-2)7-12-14-10/h6-7H,4-5H2,1-3H3,(H2,12,13,14,15)/b8-6-. The summed E-state index contributed by atoms with van der Waals surface area (Å²) >= 11 is 0. The van der Waals surface area contributed by atoms with Gasteiger partial charge in [-0.25, -0.2) is 0 Å². The van der Waals surface area contributed by atoms with E-state index in [1.165, 1.54) is 0 Å². The topological polar surface area (TPSA) is 57.8 Å². The molecule has 0 radical (unpaired) electrons. The predicted molar refractivity (Wildman–Crippen MR) is 60.6 cm³/mol. The summed E-state index contributed by atoms with van der Waals surface area (Å²) in [4.78, 5) is 11.6. The van der Waals surface area contributed by atoms with E-state index < -0.39 is 0 Å². The molecular formula is C11H17N3O. The molecule has 1 rings (SSSR count). The van der Waals surface area contributed by atoms with Crippen LogP contribution in [0, 0.1) is 0 Å². The Balaban J connectivity index is 2.70. The first-order valence-electron chi connectivity index (χ1n) is 5.19. The van der Waals surface area contributed by atoms with Crippen LogP contribution in [0.2, 0.25) is 0 Å². The van der Waals surface area contributed by atoms with E-state index in [0.29, 0.717) is 5.82 Å². The number of aromatic amines is 1. The van der Waals surface area contributed by atoms with Crippen LogP contribution in [0.3, 0.4) is 0 Å². The minimum Gasteiger partial charge on any atom is -0.307 e. The summed E-state index contributed by atoms with van der Waals surface area (Å²) in [6.45, 7) is 5.83. The van der Waals surface area contributed by atoms with E-state index in [9.17, 15) is 4.79 Å². The first-order valence-corrected chi connectivity index (χ1v) is 5.19. The van der Waals surface area contributed by atoms with E-state index in [1.807, 2.05) is 19.9 Å². The number of aromatic nitrogens is 2. The van der Waals surface area contributed by atoms with Crippen LogP contribution in [-0.4, -0.2) is 16.1 Å². The average Bonchev–Trinajstić information content (AvgIpc) is 2.65. The summed E-state index contributed by atoms with van der Waals surface area (Å²) in [6.07, 6.45) is 5.34. The molecule has 1 aromatic heterocycles. The molecule has 0 aliphatic heterocycles. The number of rotatable bonds is 4. The van der Waals surface area contributed by atoms with Gasteiger partial charge in [-0.2, -0.15) is 5.10 Å². The van der Waals surface area contributed by atoms with Crippen molar-refractivity contribution >= 4 is 11.7 Å². The van der Waals surface area contributed by atoms with Gasteiger partial charge in [-0.15, -0.1) is 0 Å². The van der Waals surface area contributed by atoms with Crippen LogP contribution in [0.25, 0.3) is 0 Å². The number of amides is 1. The van der Waals surface area contributed by atoms with Gasteiger partial charge in [0.25, 0.3) is 5.91 Å². The van der Waals surface area contributed by atoms with E-state index in [0.717, 1.165) is 24.0 Å². The van der Waals surface area contributed by atoms with Gasteiger partial charge in [0.1, 0.15) is 5.82 Å². The molecule has 2 N–H and O–H groups in total. The van der Waals surface area contributed by atoms with Crippen molar-refractivity contribution in [2.24, 2.45) is 0 Å².